The van der Waals surface area contributed by atoms with E-state index in [0.717, 1.165) is 6.42 Å². The molecule has 1 aromatic heterocycles. The van der Waals surface area contributed by atoms with Crippen LogP contribution in [0.25, 0.3) is 0 Å². The second-order valence-electron chi connectivity index (χ2n) is 3.76. The Balaban J connectivity index is 0.000000550. The van der Waals surface area contributed by atoms with E-state index in [0.29, 0.717) is 12.7 Å². The van der Waals surface area contributed by atoms with E-state index in [4.69, 9.17) is 29.9 Å². The molecule has 2 atom stereocenters. The molecule has 0 aromatic carbocycles. The minimum absolute atomic E-state index is 0.0256. The van der Waals surface area contributed by atoms with E-state index in [1.54, 1.807) is 4.57 Å². The normalized spacial score (nSPS) is 21.5. The first-order valence-electron chi connectivity index (χ1n) is 5.56. The molecule has 1 fully saturated rings. The predicted molar refractivity (Wildman–Crippen MR) is 73.0 cm³/mol. The number of nitrogens with one attached hydrogen (secondary N) is 1. The molecule has 0 aliphatic carbocycles. The lowest BCUT2D eigenvalue weighted by atomic mass is 9.98. The number of aliphatic hydroxyl groups excluding tert-OH is 1. The molecule has 2 heterocycles. The Morgan fingerprint density at radius 2 is 2.26 bits per heavy atom. The molecule has 1 aliphatic heterocycles. The van der Waals surface area contributed by atoms with Gasteiger partial charge in [-0.2, -0.15) is 0 Å². The number of carbonyl (C=O) groups excluding carboxylic acids is 1. The molecule has 2 rings (SSSR count). The summed E-state index contributed by atoms with van der Waals surface area (Å²) in [6.07, 6.45) is 3.01. The van der Waals surface area contributed by atoms with Crippen LogP contribution in [0, 0.1) is 4.77 Å². The van der Waals surface area contributed by atoms with Crippen molar-refractivity contribution in [1.82, 2.24) is 9.55 Å². The molecular weight excluding hydrogens is 266 g/mol. The minimum atomic E-state index is -0.487. The first kappa shape index (κ1) is 15.9. The number of H-pyrrole nitrogens is 1. The van der Waals surface area contributed by atoms with Crippen molar-refractivity contribution in [2.24, 2.45) is 0 Å². The van der Waals surface area contributed by atoms with Crippen LogP contribution in [0.5, 0.6) is 0 Å². The molecule has 1 unspecified atom stereocenters. The second-order valence-corrected chi connectivity index (χ2v) is 4.14. The summed E-state index contributed by atoms with van der Waals surface area (Å²) in [6, 6.07) is -0.321. The molecule has 1 aromatic rings. The van der Waals surface area contributed by atoms with E-state index in [-0.39, 0.29) is 29.1 Å². The number of rotatable bonds is 2. The smallest absolute Gasteiger partial charge is 0.262 e. The van der Waals surface area contributed by atoms with Gasteiger partial charge in [-0.1, -0.05) is 0 Å². The molecule has 2 N–H and O–H groups in total. The van der Waals surface area contributed by atoms with E-state index in [2.05, 4.69) is 12.8 Å². The van der Waals surface area contributed by atoms with Crippen LogP contribution >= 0.6 is 12.2 Å². The lowest BCUT2D eigenvalue weighted by Gasteiger charge is -2.15. The number of hydrogen-bond acceptors (Lipinski definition) is 5. The number of aromatic amines is 1. The third-order valence-corrected chi connectivity index (χ3v) is 2.78. The Morgan fingerprint density at radius 1 is 1.63 bits per heavy atom. The molecule has 0 spiro atoms. The number of carbonyl (C=O) groups is 1. The molecule has 0 bridgehead atoms. The molecule has 1 aliphatic rings. The van der Waals surface area contributed by atoms with Crippen LogP contribution in [0.15, 0.2) is 11.0 Å². The third-order valence-electron chi connectivity index (χ3n) is 2.46. The molecular formula is C10H12B2N2O4S. The minimum Gasteiger partial charge on any atom is -0.406 e. The monoisotopic (exact) mass is 278 g/mol. The van der Waals surface area contributed by atoms with Crippen LogP contribution in [0.2, 0.25) is 0 Å². The maximum atomic E-state index is 11.3. The summed E-state index contributed by atoms with van der Waals surface area (Å²) in [4.78, 5) is 24.3. The van der Waals surface area contributed by atoms with Gasteiger partial charge >= 0.3 is 0 Å². The predicted octanol–water partition coefficient (Wildman–Crippen LogP) is -0.373. The zero-order valence-corrected chi connectivity index (χ0v) is 10.9. The number of aldehydes is 1. The van der Waals surface area contributed by atoms with Crippen LogP contribution in [0.1, 0.15) is 29.4 Å². The number of nitrogens with zero attached hydrogens (tertiary/aromatic N) is 1. The number of ether oxygens (including phenoxy) is 1. The Labute approximate surface area is 117 Å². The van der Waals surface area contributed by atoms with Crippen LogP contribution in [-0.2, 0) is 4.74 Å². The van der Waals surface area contributed by atoms with E-state index in [1.807, 2.05) is 0 Å². The summed E-state index contributed by atoms with van der Waals surface area (Å²) in [5, 5.41) is 7.35. The fraction of sp³-hybridized carbons (Fsp3) is 0.500. The summed E-state index contributed by atoms with van der Waals surface area (Å²) in [6.45, 7) is -0.250. The van der Waals surface area contributed by atoms with Crippen LogP contribution in [0.4, 0.5) is 0 Å². The highest BCUT2D eigenvalue weighted by Crippen LogP contribution is 2.26. The van der Waals surface area contributed by atoms with E-state index in [9.17, 15) is 9.59 Å². The van der Waals surface area contributed by atoms with Crippen molar-refractivity contribution < 1.29 is 14.6 Å². The number of aliphatic hydroxyl groups is 1. The Hall–Kier alpha value is -1.18. The van der Waals surface area contributed by atoms with Gasteiger partial charge in [0.15, 0.2) is 11.1 Å². The van der Waals surface area contributed by atoms with Gasteiger partial charge in [-0.15, -0.1) is 0 Å². The Morgan fingerprint density at radius 3 is 2.74 bits per heavy atom. The number of aromatic nitrogens is 2. The first-order valence-corrected chi connectivity index (χ1v) is 5.97. The number of hydrogen-bond donors (Lipinski definition) is 2. The Bertz CT molecular complexity index is 545. The van der Waals surface area contributed by atoms with Crippen molar-refractivity contribution >= 4 is 34.2 Å². The van der Waals surface area contributed by atoms with Gasteiger partial charge in [-0.3, -0.25) is 19.1 Å². The van der Waals surface area contributed by atoms with Crippen LogP contribution < -0.4 is 5.56 Å². The molecule has 9 heteroatoms. The van der Waals surface area contributed by atoms with Crippen molar-refractivity contribution in [3.8, 4) is 0 Å². The zero-order chi connectivity index (χ0) is 14.4. The van der Waals surface area contributed by atoms with Gasteiger partial charge in [-0.25, -0.2) is 0 Å². The third kappa shape index (κ3) is 4.15. The van der Waals surface area contributed by atoms with Crippen molar-refractivity contribution in [3.63, 3.8) is 0 Å². The fourth-order valence-electron chi connectivity index (χ4n) is 1.65. The largest absolute Gasteiger partial charge is 0.406 e. The lowest BCUT2D eigenvalue weighted by molar-refractivity contribution is 0.0353. The van der Waals surface area contributed by atoms with E-state index in [1.165, 1.54) is 6.20 Å². The summed E-state index contributed by atoms with van der Waals surface area (Å²) in [5.41, 5.74) is -0.462. The van der Waals surface area contributed by atoms with Gasteiger partial charge in [0.2, 0.25) is 0 Å². The van der Waals surface area contributed by atoms with Crippen molar-refractivity contribution in [2.45, 2.75) is 25.1 Å². The maximum absolute atomic E-state index is 11.3. The molecule has 98 valence electrons. The van der Waals surface area contributed by atoms with Gasteiger partial charge in [0.05, 0.1) is 5.56 Å². The quantitative estimate of drug-likeness (QED) is 0.438. The van der Waals surface area contributed by atoms with Crippen molar-refractivity contribution in [3.05, 3.63) is 26.9 Å². The highest BCUT2D eigenvalue weighted by atomic mass is 32.1. The van der Waals surface area contributed by atoms with E-state index < -0.39 is 5.56 Å². The van der Waals surface area contributed by atoms with Crippen LogP contribution in [0.3, 0.4) is 0 Å². The van der Waals surface area contributed by atoms with Gasteiger partial charge in [0, 0.05) is 18.7 Å². The summed E-state index contributed by atoms with van der Waals surface area (Å²) in [7, 11) is 10.0. The van der Waals surface area contributed by atoms with Crippen molar-refractivity contribution in [1.29, 1.82) is 0 Å². The van der Waals surface area contributed by atoms with Gasteiger partial charge in [0.1, 0.15) is 21.9 Å². The van der Waals surface area contributed by atoms with E-state index >= 15 is 0 Å². The maximum Gasteiger partial charge on any atom is 0.262 e. The topological polar surface area (TPSA) is 84.3 Å². The standard InChI is InChI=1S/C9H9BN2O3S.CH3BO/c10-6-1-2-7(15-6)12-3-5(4-13)8(14)11-9(12)16;2-1-3/h3-4,6-7H,1-2H2,(H,11,14,16);3H,1H2/t6-,7?;/m0./s1. The van der Waals surface area contributed by atoms with Crippen molar-refractivity contribution in [2.75, 3.05) is 6.51 Å². The van der Waals surface area contributed by atoms with Crippen LogP contribution in [-0.4, -0.2) is 49.1 Å². The van der Waals surface area contributed by atoms with Gasteiger partial charge in [-0.05, 0) is 25.1 Å². The molecule has 1 saturated heterocycles. The molecule has 0 saturated carbocycles. The lowest BCUT2D eigenvalue weighted by Crippen LogP contribution is -2.21. The average molecular weight is 278 g/mol. The summed E-state index contributed by atoms with van der Waals surface area (Å²) < 4.78 is 7.18. The molecule has 6 nitrogen and oxygen atoms in total. The molecule has 19 heavy (non-hydrogen) atoms. The van der Waals surface area contributed by atoms with Gasteiger partial charge in [0.25, 0.3) is 5.56 Å². The zero-order valence-electron chi connectivity index (χ0n) is 10.1. The highest BCUT2D eigenvalue weighted by molar-refractivity contribution is 7.71. The Kier molecular flexibility index (Phi) is 6.20. The van der Waals surface area contributed by atoms with Gasteiger partial charge < -0.3 is 9.84 Å². The summed E-state index contributed by atoms with van der Waals surface area (Å²) in [5.74, 6) is 0. The fourth-order valence-corrected chi connectivity index (χ4v) is 1.91. The molecule has 4 radical (unpaired) electrons. The highest BCUT2D eigenvalue weighted by Gasteiger charge is 2.23. The average Bonchev–Trinajstić information content (AvgIpc) is 2.77. The SMILES string of the molecule is [B]CO.[B][C@@H]1CCC(n2cc(C=O)c(=O)[nH]c2=S)O1. The molecule has 0 amide bonds. The first-order chi connectivity index (χ1) is 9.03. The second kappa shape index (κ2) is 7.42. The summed E-state index contributed by atoms with van der Waals surface area (Å²) >= 11 is 4.99.